The molecule has 0 aliphatic carbocycles. The molecule has 0 radical (unpaired) electrons. The second-order valence-electron chi connectivity index (χ2n) is 4.16. The molecule has 4 nitrogen and oxygen atoms in total. The standard InChI is InChI=1S/C13H23NO3/c1-2-3-4-5-6-7-8-9-10-12(13(16)17)14-11-15/h2,11-12H,1,3-10H2,(H,14,15)(H,16,17). The highest BCUT2D eigenvalue weighted by Gasteiger charge is 2.14. The van der Waals surface area contributed by atoms with Gasteiger partial charge in [-0.3, -0.25) is 4.79 Å². The number of allylic oxidation sites excluding steroid dienone is 1. The van der Waals surface area contributed by atoms with Gasteiger partial charge in [-0.05, 0) is 19.3 Å². The maximum atomic E-state index is 10.7. The predicted molar refractivity (Wildman–Crippen MR) is 67.8 cm³/mol. The molecule has 0 aromatic carbocycles. The summed E-state index contributed by atoms with van der Waals surface area (Å²) in [6.45, 7) is 3.67. The zero-order chi connectivity index (χ0) is 12.9. The van der Waals surface area contributed by atoms with E-state index in [-0.39, 0.29) is 0 Å². The first-order chi connectivity index (χ1) is 8.22. The Morgan fingerprint density at radius 3 is 2.29 bits per heavy atom. The van der Waals surface area contributed by atoms with Crippen molar-refractivity contribution in [1.82, 2.24) is 5.32 Å². The molecule has 0 fully saturated rings. The van der Waals surface area contributed by atoms with E-state index in [1.807, 2.05) is 6.08 Å². The van der Waals surface area contributed by atoms with Gasteiger partial charge >= 0.3 is 5.97 Å². The minimum Gasteiger partial charge on any atom is -0.480 e. The first-order valence-corrected chi connectivity index (χ1v) is 6.25. The summed E-state index contributed by atoms with van der Waals surface area (Å²) in [7, 11) is 0. The molecule has 2 N–H and O–H groups in total. The maximum Gasteiger partial charge on any atom is 0.326 e. The van der Waals surface area contributed by atoms with Crippen LogP contribution in [0.15, 0.2) is 12.7 Å². The molecule has 0 aliphatic heterocycles. The van der Waals surface area contributed by atoms with Crippen molar-refractivity contribution in [3.63, 3.8) is 0 Å². The molecular weight excluding hydrogens is 218 g/mol. The van der Waals surface area contributed by atoms with Gasteiger partial charge in [0.25, 0.3) is 0 Å². The molecule has 17 heavy (non-hydrogen) atoms. The molecule has 0 spiro atoms. The summed E-state index contributed by atoms with van der Waals surface area (Å²) in [5, 5.41) is 11.1. The molecule has 0 heterocycles. The van der Waals surface area contributed by atoms with E-state index in [1.165, 1.54) is 19.3 Å². The maximum absolute atomic E-state index is 10.7. The Balaban J connectivity index is 3.39. The van der Waals surface area contributed by atoms with Crippen LogP contribution in [0.4, 0.5) is 0 Å². The van der Waals surface area contributed by atoms with E-state index in [1.54, 1.807) is 0 Å². The summed E-state index contributed by atoms with van der Waals surface area (Å²) in [6.07, 6.45) is 10.6. The molecule has 0 aromatic rings. The number of hydrogen-bond acceptors (Lipinski definition) is 2. The number of carbonyl (C=O) groups is 2. The van der Waals surface area contributed by atoms with Gasteiger partial charge in [-0.2, -0.15) is 0 Å². The monoisotopic (exact) mass is 241 g/mol. The second kappa shape index (κ2) is 11.2. The molecule has 0 rings (SSSR count). The molecule has 1 unspecified atom stereocenters. The largest absolute Gasteiger partial charge is 0.480 e. The lowest BCUT2D eigenvalue weighted by molar-refractivity contribution is -0.140. The van der Waals surface area contributed by atoms with Gasteiger partial charge in [-0.25, -0.2) is 4.79 Å². The molecule has 0 bridgehead atoms. The number of amides is 1. The van der Waals surface area contributed by atoms with Gasteiger partial charge in [0, 0.05) is 0 Å². The van der Waals surface area contributed by atoms with Crippen LogP contribution in [-0.4, -0.2) is 23.5 Å². The number of aliphatic carboxylic acids is 1. The lowest BCUT2D eigenvalue weighted by Gasteiger charge is -2.10. The smallest absolute Gasteiger partial charge is 0.326 e. The molecule has 4 heteroatoms. The Hall–Kier alpha value is -1.32. The number of nitrogens with one attached hydrogen (secondary N) is 1. The fraction of sp³-hybridized carbons (Fsp3) is 0.692. The van der Waals surface area contributed by atoms with E-state index < -0.39 is 12.0 Å². The highest BCUT2D eigenvalue weighted by Crippen LogP contribution is 2.10. The Morgan fingerprint density at radius 2 is 1.76 bits per heavy atom. The number of carbonyl (C=O) groups excluding carboxylic acids is 1. The topological polar surface area (TPSA) is 66.4 Å². The fourth-order valence-electron chi connectivity index (χ4n) is 1.70. The molecule has 0 aliphatic rings. The summed E-state index contributed by atoms with van der Waals surface area (Å²) in [4.78, 5) is 20.9. The van der Waals surface area contributed by atoms with Crippen LogP contribution < -0.4 is 5.32 Å². The van der Waals surface area contributed by atoms with Crippen LogP contribution in [0.2, 0.25) is 0 Å². The number of hydrogen-bond donors (Lipinski definition) is 2. The van der Waals surface area contributed by atoms with Crippen molar-refractivity contribution in [1.29, 1.82) is 0 Å². The van der Waals surface area contributed by atoms with Crippen LogP contribution in [0.3, 0.4) is 0 Å². The van der Waals surface area contributed by atoms with E-state index in [0.29, 0.717) is 12.8 Å². The molecule has 0 saturated heterocycles. The van der Waals surface area contributed by atoms with Crippen LogP contribution >= 0.6 is 0 Å². The second-order valence-corrected chi connectivity index (χ2v) is 4.16. The summed E-state index contributed by atoms with van der Waals surface area (Å²) in [5.74, 6) is -0.955. The van der Waals surface area contributed by atoms with Crippen molar-refractivity contribution in [2.45, 2.75) is 57.4 Å². The van der Waals surface area contributed by atoms with Gasteiger partial charge in [0.05, 0.1) is 0 Å². The van der Waals surface area contributed by atoms with Crippen molar-refractivity contribution in [2.24, 2.45) is 0 Å². The normalized spacial score (nSPS) is 11.8. The lowest BCUT2D eigenvalue weighted by atomic mass is 10.1. The van der Waals surface area contributed by atoms with Gasteiger partial charge in [0.1, 0.15) is 6.04 Å². The third kappa shape index (κ3) is 9.60. The summed E-state index contributed by atoms with van der Waals surface area (Å²) in [5.41, 5.74) is 0. The molecule has 0 saturated carbocycles. The quantitative estimate of drug-likeness (QED) is 0.313. The van der Waals surface area contributed by atoms with E-state index in [4.69, 9.17) is 5.11 Å². The average Bonchev–Trinajstić information content (AvgIpc) is 2.31. The van der Waals surface area contributed by atoms with Gasteiger partial charge in [0.2, 0.25) is 6.41 Å². The van der Waals surface area contributed by atoms with Gasteiger partial charge < -0.3 is 10.4 Å². The number of carboxylic acid groups (broad SMARTS) is 1. The highest BCUT2D eigenvalue weighted by molar-refractivity contribution is 5.76. The van der Waals surface area contributed by atoms with Crippen LogP contribution in [0.1, 0.15) is 51.4 Å². The summed E-state index contributed by atoms with van der Waals surface area (Å²) >= 11 is 0. The van der Waals surface area contributed by atoms with Crippen LogP contribution in [0, 0.1) is 0 Å². The van der Waals surface area contributed by atoms with E-state index >= 15 is 0 Å². The average molecular weight is 241 g/mol. The molecule has 0 aromatic heterocycles. The summed E-state index contributed by atoms with van der Waals surface area (Å²) < 4.78 is 0. The van der Waals surface area contributed by atoms with Gasteiger partial charge in [-0.1, -0.05) is 38.2 Å². The number of rotatable bonds is 12. The Morgan fingerprint density at radius 1 is 1.18 bits per heavy atom. The van der Waals surface area contributed by atoms with Crippen LogP contribution in [0.5, 0.6) is 0 Å². The van der Waals surface area contributed by atoms with Crippen molar-refractivity contribution < 1.29 is 14.7 Å². The molecular formula is C13H23NO3. The fourth-order valence-corrected chi connectivity index (χ4v) is 1.70. The van der Waals surface area contributed by atoms with Crippen molar-refractivity contribution in [3.05, 3.63) is 12.7 Å². The van der Waals surface area contributed by atoms with Crippen molar-refractivity contribution >= 4 is 12.4 Å². The summed E-state index contributed by atoms with van der Waals surface area (Å²) in [6, 6.07) is -0.728. The Bertz CT molecular complexity index is 229. The zero-order valence-corrected chi connectivity index (χ0v) is 10.4. The Labute approximate surface area is 103 Å². The van der Waals surface area contributed by atoms with E-state index in [0.717, 1.165) is 25.7 Å². The third-order valence-electron chi connectivity index (χ3n) is 2.72. The first kappa shape index (κ1) is 15.7. The Kier molecular flexibility index (Phi) is 10.3. The third-order valence-corrected chi connectivity index (χ3v) is 2.72. The number of unbranched alkanes of at least 4 members (excludes halogenated alkanes) is 6. The van der Waals surface area contributed by atoms with Crippen LogP contribution in [-0.2, 0) is 9.59 Å². The van der Waals surface area contributed by atoms with E-state index in [9.17, 15) is 9.59 Å². The van der Waals surface area contributed by atoms with Crippen molar-refractivity contribution in [2.75, 3.05) is 0 Å². The van der Waals surface area contributed by atoms with E-state index in [2.05, 4.69) is 11.9 Å². The SMILES string of the molecule is C=CCCCCCCCCC(NC=O)C(=O)O. The highest BCUT2D eigenvalue weighted by atomic mass is 16.4. The predicted octanol–water partition coefficient (Wildman–Crippen LogP) is 2.49. The molecule has 98 valence electrons. The number of carboxylic acids is 1. The van der Waals surface area contributed by atoms with Gasteiger partial charge in [0.15, 0.2) is 0 Å². The molecule has 1 amide bonds. The van der Waals surface area contributed by atoms with Gasteiger partial charge in [-0.15, -0.1) is 6.58 Å². The molecule has 1 atom stereocenters. The van der Waals surface area contributed by atoms with Crippen LogP contribution in [0.25, 0.3) is 0 Å². The zero-order valence-electron chi connectivity index (χ0n) is 10.4. The minimum absolute atomic E-state index is 0.452. The van der Waals surface area contributed by atoms with Crippen molar-refractivity contribution in [3.8, 4) is 0 Å². The lowest BCUT2D eigenvalue weighted by Crippen LogP contribution is -2.35. The first-order valence-electron chi connectivity index (χ1n) is 6.25. The minimum atomic E-state index is -0.955.